The molecule has 0 bridgehead atoms. The average molecular weight is 343 g/mol. The highest BCUT2D eigenvalue weighted by Crippen LogP contribution is 2.35. The molecule has 0 amide bonds. The molecule has 0 saturated carbocycles. The molecule has 1 aromatic carbocycles. The fourth-order valence-corrected chi connectivity index (χ4v) is 1.80. The van der Waals surface area contributed by atoms with Gasteiger partial charge in [0.05, 0.1) is 9.40 Å². The third-order valence-corrected chi connectivity index (χ3v) is 2.87. The molecule has 0 radical (unpaired) electrons. The van der Waals surface area contributed by atoms with Crippen LogP contribution in [0.25, 0.3) is 0 Å². The van der Waals surface area contributed by atoms with Gasteiger partial charge in [-0.3, -0.25) is 10.1 Å². The van der Waals surface area contributed by atoms with E-state index in [4.69, 9.17) is 10.5 Å². The van der Waals surface area contributed by atoms with Gasteiger partial charge in [-0.15, -0.1) is 0 Å². The van der Waals surface area contributed by atoms with Gasteiger partial charge in [0.2, 0.25) is 17.6 Å². The maximum atomic E-state index is 13.5. The van der Waals surface area contributed by atoms with Crippen LogP contribution in [-0.4, -0.2) is 14.9 Å². The van der Waals surface area contributed by atoms with E-state index in [0.717, 1.165) is 12.1 Å². The van der Waals surface area contributed by atoms with Gasteiger partial charge >= 0.3 is 5.69 Å². The molecule has 0 atom stereocenters. The maximum Gasteiger partial charge on any atom is 0.312 e. The summed E-state index contributed by atoms with van der Waals surface area (Å²) < 4.78 is 18.7. The van der Waals surface area contributed by atoms with Crippen LogP contribution in [-0.2, 0) is 0 Å². The van der Waals surface area contributed by atoms with Crippen LogP contribution >= 0.6 is 15.9 Å². The highest BCUT2D eigenvalue weighted by Gasteiger charge is 2.20. The number of anilines is 1. The summed E-state index contributed by atoms with van der Waals surface area (Å²) >= 11 is 2.88. The number of hydrogen-bond acceptors (Lipinski definition) is 6. The minimum atomic E-state index is -0.690. The molecule has 20 heavy (non-hydrogen) atoms. The largest absolute Gasteiger partial charge is 0.431 e. The lowest BCUT2D eigenvalue weighted by atomic mass is 10.3. The van der Waals surface area contributed by atoms with Crippen LogP contribution < -0.4 is 10.5 Å². The van der Waals surface area contributed by atoms with Gasteiger partial charge < -0.3 is 10.5 Å². The smallest absolute Gasteiger partial charge is 0.312 e. The molecule has 7 nitrogen and oxygen atoms in total. The normalized spacial score (nSPS) is 10.3. The molecular weight excluding hydrogens is 335 g/mol. The lowest BCUT2D eigenvalue weighted by Crippen LogP contribution is -2.00. The van der Waals surface area contributed by atoms with E-state index >= 15 is 0 Å². The van der Waals surface area contributed by atoms with Crippen LogP contribution in [0.15, 0.2) is 22.7 Å². The zero-order valence-corrected chi connectivity index (χ0v) is 11.7. The van der Waals surface area contributed by atoms with Crippen molar-refractivity contribution in [3.63, 3.8) is 0 Å². The molecule has 0 aliphatic carbocycles. The summed E-state index contributed by atoms with van der Waals surface area (Å²) in [7, 11) is 0. The number of nitro groups is 1. The number of nitro benzene ring substituents is 1. The molecule has 2 rings (SSSR count). The van der Waals surface area contributed by atoms with Crippen LogP contribution in [0.1, 0.15) is 5.69 Å². The molecule has 9 heteroatoms. The van der Waals surface area contributed by atoms with E-state index < -0.39 is 16.4 Å². The highest BCUT2D eigenvalue weighted by atomic mass is 79.9. The van der Waals surface area contributed by atoms with Crippen molar-refractivity contribution in [3.05, 3.63) is 44.3 Å². The summed E-state index contributed by atoms with van der Waals surface area (Å²) in [6.45, 7) is 1.65. The SMILES string of the molecule is Cc1cc(Oc2cc(F)c(Br)cc2[N+](=O)[O-])nc(N)n1. The highest BCUT2D eigenvalue weighted by molar-refractivity contribution is 9.10. The van der Waals surface area contributed by atoms with E-state index in [1.165, 1.54) is 6.07 Å². The van der Waals surface area contributed by atoms with Crippen LogP contribution in [0.5, 0.6) is 11.6 Å². The van der Waals surface area contributed by atoms with Crippen LogP contribution in [0.2, 0.25) is 0 Å². The van der Waals surface area contributed by atoms with E-state index in [-0.39, 0.29) is 22.1 Å². The Bertz CT molecular complexity index is 675. The summed E-state index contributed by atoms with van der Waals surface area (Å²) in [5, 5.41) is 10.9. The molecule has 0 aliphatic rings. The molecule has 0 saturated heterocycles. The first-order valence-electron chi connectivity index (χ1n) is 5.29. The van der Waals surface area contributed by atoms with Gasteiger partial charge in [-0.2, -0.15) is 4.98 Å². The standard InChI is InChI=1S/C11H8BrFN4O3/c1-5-2-10(16-11(14)15-5)20-9-4-7(13)6(12)3-8(9)17(18)19/h2-4H,1H3,(H2,14,15,16). The summed E-state index contributed by atoms with van der Waals surface area (Å²) in [5.41, 5.74) is 5.57. The Hall–Kier alpha value is -2.29. The number of nitrogens with two attached hydrogens (primary N) is 1. The number of nitrogen functional groups attached to an aromatic ring is 1. The van der Waals surface area contributed by atoms with E-state index in [9.17, 15) is 14.5 Å². The van der Waals surface area contributed by atoms with Gasteiger partial charge in [0, 0.05) is 23.9 Å². The van der Waals surface area contributed by atoms with Crippen molar-refractivity contribution < 1.29 is 14.1 Å². The number of halogens is 2. The van der Waals surface area contributed by atoms with Crippen molar-refractivity contribution in [2.45, 2.75) is 6.92 Å². The Labute approximate surface area is 120 Å². The molecule has 0 aliphatic heterocycles. The van der Waals surface area contributed by atoms with Crippen molar-refractivity contribution >= 4 is 27.6 Å². The van der Waals surface area contributed by atoms with Crippen LogP contribution in [0.3, 0.4) is 0 Å². The van der Waals surface area contributed by atoms with Crippen molar-refractivity contribution in [2.24, 2.45) is 0 Å². The number of aromatic nitrogens is 2. The average Bonchev–Trinajstić information content (AvgIpc) is 2.31. The first kappa shape index (κ1) is 14.1. The second-order valence-electron chi connectivity index (χ2n) is 3.80. The monoisotopic (exact) mass is 342 g/mol. The number of ether oxygens (including phenoxy) is 1. The summed E-state index contributed by atoms with van der Waals surface area (Å²) in [6, 6.07) is 3.35. The molecular formula is C11H8BrFN4O3. The summed E-state index contributed by atoms with van der Waals surface area (Å²) in [6.07, 6.45) is 0. The topological polar surface area (TPSA) is 104 Å². The fraction of sp³-hybridized carbons (Fsp3) is 0.0909. The Kier molecular flexibility index (Phi) is 3.79. The molecule has 1 aromatic heterocycles. The van der Waals surface area contributed by atoms with Crippen LogP contribution in [0, 0.1) is 22.9 Å². The molecule has 2 N–H and O–H groups in total. The zero-order valence-electron chi connectivity index (χ0n) is 10.1. The first-order chi connectivity index (χ1) is 9.36. The van der Waals surface area contributed by atoms with Gasteiger partial charge in [0.25, 0.3) is 0 Å². The number of nitrogens with zero attached hydrogens (tertiary/aromatic N) is 3. The van der Waals surface area contributed by atoms with Crippen molar-refractivity contribution in [3.8, 4) is 11.6 Å². The van der Waals surface area contributed by atoms with Crippen molar-refractivity contribution in [1.29, 1.82) is 0 Å². The minimum Gasteiger partial charge on any atom is -0.431 e. The second-order valence-corrected chi connectivity index (χ2v) is 4.65. The number of aryl methyl sites for hydroxylation is 1. The van der Waals surface area contributed by atoms with E-state index in [1.807, 2.05) is 0 Å². The Balaban J connectivity index is 2.47. The second kappa shape index (κ2) is 5.37. The number of hydrogen-bond donors (Lipinski definition) is 1. The molecule has 1 heterocycles. The Morgan fingerprint density at radius 2 is 2.10 bits per heavy atom. The first-order valence-corrected chi connectivity index (χ1v) is 6.08. The molecule has 0 unspecified atom stereocenters. The predicted octanol–water partition coefficient (Wildman–Crippen LogP) is 2.97. The molecule has 2 aromatic rings. The summed E-state index contributed by atoms with van der Waals surface area (Å²) in [4.78, 5) is 17.9. The van der Waals surface area contributed by atoms with Gasteiger partial charge in [0.15, 0.2) is 0 Å². The van der Waals surface area contributed by atoms with E-state index in [1.54, 1.807) is 6.92 Å². The third kappa shape index (κ3) is 2.99. The van der Waals surface area contributed by atoms with E-state index in [2.05, 4.69) is 25.9 Å². The molecule has 0 fully saturated rings. The number of rotatable bonds is 3. The summed E-state index contributed by atoms with van der Waals surface area (Å²) in [5.74, 6) is -1.00. The van der Waals surface area contributed by atoms with E-state index in [0.29, 0.717) is 5.69 Å². The lowest BCUT2D eigenvalue weighted by Gasteiger charge is -2.07. The maximum absolute atomic E-state index is 13.5. The van der Waals surface area contributed by atoms with Gasteiger partial charge in [-0.25, -0.2) is 9.37 Å². The fourth-order valence-electron chi connectivity index (χ4n) is 1.47. The van der Waals surface area contributed by atoms with Crippen LogP contribution in [0.4, 0.5) is 16.0 Å². The van der Waals surface area contributed by atoms with Crippen molar-refractivity contribution in [1.82, 2.24) is 9.97 Å². The Morgan fingerprint density at radius 1 is 1.40 bits per heavy atom. The quantitative estimate of drug-likeness (QED) is 0.679. The van der Waals surface area contributed by atoms with Crippen molar-refractivity contribution in [2.75, 3.05) is 5.73 Å². The minimum absolute atomic E-state index is 0.000164. The lowest BCUT2D eigenvalue weighted by molar-refractivity contribution is -0.385. The Morgan fingerprint density at radius 3 is 2.70 bits per heavy atom. The number of benzene rings is 1. The molecule has 104 valence electrons. The zero-order chi connectivity index (χ0) is 14.9. The van der Waals surface area contributed by atoms with Gasteiger partial charge in [0.1, 0.15) is 5.82 Å². The third-order valence-electron chi connectivity index (χ3n) is 2.26. The predicted molar refractivity (Wildman–Crippen MR) is 72.0 cm³/mol. The van der Waals surface area contributed by atoms with Gasteiger partial charge in [-0.1, -0.05) is 0 Å². The van der Waals surface area contributed by atoms with Gasteiger partial charge in [-0.05, 0) is 22.9 Å². The molecule has 0 spiro atoms.